The van der Waals surface area contributed by atoms with Crippen LogP contribution in [0, 0.1) is 15.4 Å². The predicted molar refractivity (Wildman–Crippen MR) is 108 cm³/mol. The molecule has 1 N–H and O–H groups in total. The van der Waals surface area contributed by atoms with Crippen molar-refractivity contribution in [3.05, 3.63) is 40.0 Å². The zero-order valence-corrected chi connectivity index (χ0v) is 17.5. The van der Waals surface area contributed by atoms with Gasteiger partial charge in [-0.15, -0.1) is 6.58 Å². The van der Waals surface area contributed by atoms with Crippen molar-refractivity contribution in [3.8, 4) is 0 Å². The third kappa shape index (κ3) is 2.81. The van der Waals surface area contributed by atoms with Gasteiger partial charge in [0.2, 0.25) is 0 Å². The van der Waals surface area contributed by atoms with Gasteiger partial charge in [-0.2, -0.15) is 0 Å². The van der Waals surface area contributed by atoms with Gasteiger partial charge in [-0.1, -0.05) is 13.0 Å². The van der Waals surface area contributed by atoms with E-state index in [0.717, 1.165) is 14.8 Å². The first-order chi connectivity index (χ1) is 12.2. The smallest absolute Gasteiger partial charge is 0.264 e. The Morgan fingerprint density at radius 3 is 2.77 bits per heavy atom. The first-order valence-corrected chi connectivity index (χ1v) is 9.96. The number of carbonyl (C=O) groups excluding carboxylic acids is 1. The van der Waals surface area contributed by atoms with Crippen molar-refractivity contribution in [2.45, 2.75) is 44.6 Å². The number of hydrogen-bond donors (Lipinski definition) is 1. The molecule has 6 heteroatoms. The summed E-state index contributed by atoms with van der Waals surface area (Å²) in [4.78, 5) is 15.2. The fraction of sp³-hybridized carbons (Fsp3) is 0.550. The van der Waals surface area contributed by atoms with E-state index in [2.05, 4.69) is 29.2 Å². The van der Waals surface area contributed by atoms with Gasteiger partial charge in [0.15, 0.2) is 5.60 Å². The molecular weight excluding hydrogens is 448 g/mol. The van der Waals surface area contributed by atoms with Crippen LogP contribution in [-0.2, 0) is 15.1 Å². The largest absolute Gasteiger partial charge is 0.396 e. The SMILES string of the molecule is C=CCN1C(=O)[C@@]2(O[C@@H](CCO)[C@H](C(C)(C)F)[C@H]2C)c2cc(I)ccc21. The number of fused-ring (bicyclic) bond motifs is 2. The molecule has 4 atom stereocenters. The van der Waals surface area contributed by atoms with Crippen molar-refractivity contribution in [1.29, 1.82) is 0 Å². The van der Waals surface area contributed by atoms with E-state index >= 15 is 4.39 Å². The highest BCUT2D eigenvalue weighted by Crippen LogP contribution is 2.58. The van der Waals surface area contributed by atoms with Gasteiger partial charge < -0.3 is 14.7 Å². The van der Waals surface area contributed by atoms with Gasteiger partial charge in [0.25, 0.3) is 5.91 Å². The highest BCUT2D eigenvalue weighted by molar-refractivity contribution is 14.1. The topological polar surface area (TPSA) is 49.8 Å². The molecule has 1 spiro atoms. The second-order valence-corrected chi connectivity index (χ2v) is 8.89. The van der Waals surface area contributed by atoms with E-state index in [9.17, 15) is 9.90 Å². The molecule has 142 valence electrons. The normalized spacial score (nSPS) is 30.9. The summed E-state index contributed by atoms with van der Waals surface area (Å²) in [7, 11) is 0. The van der Waals surface area contributed by atoms with E-state index in [0.29, 0.717) is 13.0 Å². The zero-order valence-electron chi connectivity index (χ0n) is 15.3. The summed E-state index contributed by atoms with van der Waals surface area (Å²) in [5.74, 6) is -1.03. The Hall–Kier alpha value is -0.990. The van der Waals surface area contributed by atoms with Gasteiger partial charge in [0.05, 0.1) is 11.8 Å². The summed E-state index contributed by atoms with van der Waals surface area (Å²) in [6.07, 6.45) is 1.46. The van der Waals surface area contributed by atoms with Gasteiger partial charge in [-0.25, -0.2) is 4.39 Å². The van der Waals surface area contributed by atoms with Gasteiger partial charge in [-0.05, 0) is 61.1 Å². The molecule has 0 aliphatic carbocycles. The van der Waals surface area contributed by atoms with Gasteiger partial charge in [0.1, 0.15) is 5.67 Å². The lowest BCUT2D eigenvalue weighted by Crippen LogP contribution is -2.45. The number of nitrogens with zero attached hydrogens (tertiary/aromatic N) is 1. The van der Waals surface area contributed by atoms with E-state index in [-0.39, 0.29) is 18.4 Å². The van der Waals surface area contributed by atoms with Crippen molar-refractivity contribution >= 4 is 34.2 Å². The van der Waals surface area contributed by atoms with E-state index < -0.39 is 23.3 Å². The summed E-state index contributed by atoms with van der Waals surface area (Å²) in [6, 6.07) is 5.82. The van der Waals surface area contributed by atoms with Crippen LogP contribution in [0.5, 0.6) is 0 Å². The van der Waals surface area contributed by atoms with Crippen LogP contribution in [0.15, 0.2) is 30.9 Å². The summed E-state index contributed by atoms with van der Waals surface area (Å²) < 4.78 is 22.4. The van der Waals surface area contributed by atoms with Gasteiger partial charge >= 0.3 is 0 Å². The Kier molecular flexibility index (Phi) is 5.22. The molecule has 0 bridgehead atoms. The number of alkyl halides is 1. The Morgan fingerprint density at radius 1 is 1.50 bits per heavy atom. The van der Waals surface area contributed by atoms with Crippen LogP contribution < -0.4 is 4.90 Å². The molecule has 0 saturated carbocycles. The molecule has 1 aromatic rings. The minimum Gasteiger partial charge on any atom is -0.396 e. The van der Waals surface area contributed by atoms with Crippen LogP contribution in [0.25, 0.3) is 0 Å². The standard InChI is InChI=1S/C20H25FINO3/c1-5-9-23-15-7-6-13(22)11-14(15)20(18(23)25)12(2)17(19(3,4)21)16(26-20)8-10-24/h5-7,11-12,16-17,24H,1,8-10H2,2-4H3/t12-,16+,17-,20+/m1/s1. The highest BCUT2D eigenvalue weighted by atomic mass is 127. The Bertz CT molecular complexity index is 732. The van der Waals surface area contributed by atoms with Crippen molar-refractivity contribution in [3.63, 3.8) is 0 Å². The quantitative estimate of drug-likeness (QED) is 0.523. The lowest BCUT2D eigenvalue weighted by atomic mass is 9.71. The molecular formula is C20H25FINO3. The number of halogens is 2. The Labute approximate surface area is 167 Å². The Morgan fingerprint density at radius 2 is 2.19 bits per heavy atom. The fourth-order valence-corrected chi connectivity index (χ4v) is 5.22. The molecule has 0 unspecified atom stereocenters. The summed E-state index contributed by atoms with van der Waals surface area (Å²) in [5.41, 5.74) is -1.16. The van der Waals surface area contributed by atoms with Crippen molar-refractivity contribution in [2.24, 2.45) is 11.8 Å². The second kappa shape index (κ2) is 6.87. The second-order valence-electron chi connectivity index (χ2n) is 7.65. The number of aliphatic hydroxyl groups excluding tert-OH is 1. The van der Waals surface area contributed by atoms with Gasteiger partial charge in [0, 0.05) is 34.1 Å². The van der Waals surface area contributed by atoms with Crippen molar-refractivity contribution in [2.75, 3.05) is 18.1 Å². The molecule has 1 saturated heterocycles. The summed E-state index contributed by atoms with van der Waals surface area (Å²) in [5, 5.41) is 9.46. The maximum atomic E-state index is 15.1. The van der Waals surface area contributed by atoms with E-state index in [1.165, 1.54) is 13.8 Å². The number of rotatable bonds is 5. The van der Waals surface area contributed by atoms with E-state index in [1.54, 1.807) is 11.0 Å². The van der Waals surface area contributed by atoms with Crippen LogP contribution >= 0.6 is 22.6 Å². The average Bonchev–Trinajstić information content (AvgIpc) is 2.96. The fourth-order valence-electron chi connectivity index (χ4n) is 4.73. The number of carbonyl (C=O) groups is 1. The van der Waals surface area contributed by atoms with Crippen molar-refractivity contribution in [1.82, 2.24) is 0 Å². The number of hydrogen-bond acceptors (Lipinski definition) is 3. The maximum Gasteiger partial charge on any atom is 0.264 e. The van der Waals surface area contributed by atoms with Crippen LogP contribution in [0.3, 0.4) is 0 Å². The molecule has 2 aliphatic rings. The first-order valence-electron chi connectivity index (χ1n) is 8.89. The molecule has 4 nitrogen and oxygen atoms in total. The molecule has 0 radical (unpaired) electrons. The average molecular weight is 473 g/mol. The molecule has 0 aromatic heterocycles. The number of aliphatic hydroxyl groups is 1. The first kappa shape index (κ1) is 19.8. The van der Waals surface area contributed by atoms with Crippen molar-refractivity contribution < 1.29 is 19.0 Å². The van der Waals surface area contributed by atoms with Gasteiger partial charge in [-0.3, -0.25) is 4.79 Å². The highest BCUT2D eigenvalue weighted by Gasteiger charge is 2.65. The third-order valence-electron chi connectivity index (χ3n) is 5.65. The van der Waals surface area contributed by atoms with Crippen LogP contribution in [0.4, 0.5) is 10.1 Å². The van der Waals surface area contributed by atoms with Crippen LogP contribution in [0.1, 0.15) is 32.8 Å². The molecule has 2 heterocycles. The van der Waals surface area contributed by atoms with Crippen LogP contribution in [-0.4, -0.2) is 35.9 Å². The van der Waals surface area contributed by atoms with E-state index in [1.807, 2.05) is 25.1 Å². The third-order valence-corrected chi connectivity index (χ3v) is 6.32. The lowest BCUT2D eigenvalue weighted by Gasteiger charge is -2.32. The minimum absolute atomic E-state index is 0.107. The monoisotopic (exact) mass is 473 g/mol. The number of anilines is 1. The summed E-state index contributed by atoms with van der Waals surface area (Å²) in [6.45, 7) is 8.96. The minimum atomic E-state index is -1.53. The van der Waals surface area contributed by atoms with Crippen LogP contribution in [0.2, 0.25) is 0 Å². The number of ether oxygens (including phenoxy) is 1. The molecule has 1 amide bonds. The molecule has 1 fully saturated rings. The predicted octanol–water partition coefficient (Wildman–Crippen LogP) is 3.80. The number of amides is 1. The molecule has 2 aliphatic heterocycles. The molecule has 26 heavy (non-hydrogen) atoms. The van der Waals surface area contributed by atoms with E-state index in [4.69, 9.17) is 4.74 Å². The molecule has 1 aromatic carbocycles. The maximum absolute atomic E-state index is 15.1. The molecule has 3 rings (SSSR count). The zero-order chi connectivity index (χ0) is 19.3. The lowest BCUT2D eigenvalue weighted by molar-refractivity contribution is -0.146. The Balaban J connectivity index is 2.18. The number of benzene rings is 1. The summed E-state index contributed by atoms with van der Waals surface area (Å²) >= 11 is 2.21.